The van der Waals surface area contributed by atoms with Crippen LogP contribution < -0.4 is 10.2 Å². The number of para-hydroxylation sites is 2. The molecule has 5 nitrogen and oxygen atoms in total. The fourth-order valence-electron chi connectivity index (χ4n) is 4.88. The molecule has 2 atom stereocenters. The molecule has 1 aliphatic heterocycles. The SMILES string of the molecule is Cc1ccc(Cl)cc1-n1c(C)cc([C@H]2[C@H](c3ccccn3)NC(=S)N2c2ccccc2O)c1C. The fourth-order valence-corrected chi connectivity index (χ4v) is 5.38. The second-order valence-corrected chi connectivity index (χ2v) is 9.40. The number of aromatic hydroxyl groups is 1. The molecular weight excluding hydrogens is 464 g/mol. The van der Waals surface area contributed by atoms with E-state index in [0.717, 1.165) is 33.9 Å². The molecule has 3 heterocycles. The second kappa shape index (κ2) is 8.78. The van der Waals surface area contributed by atoms with Gasteiger partial charge in [0.05, 0.1) is 23.5 Å². The summed E-state index contributed by atoms with van der Waals surface area (Å²) in [5.41, 5.74) is 7.00. The molecule has 0 saturated carbocycles. The van der Waals surface area contributed by atoms with E-state index in [4.69, 9.17) is 23.8 Å². The summed E-state index contributed by atoms with van der Waals surface area (Å²) in [4.78, 5) is 6.63. The van der Waals surface area contributed by atoms with Crippen LogP contribution in [0.1, 0.15) is 40.3 Å². The van der Waals surface area contributed by atoms with Crippen LogP contribution in [0.3, 0.4) is 0 Å². The number of hydrogen-bond donors (Lipinski definition) is 2. The molecule has 4 aromatic rings. The van der Waals surface area contributed by atoms with Gasteiger partial charge in [-0.2, -0.15) is 0 Å². The Morgan fingerprint density at radius 3 is 2.47 bits per heavy atom. The number of halogens is 1. The van der Waals surface area contributed by atoms with Gasteiger partial charge in [0.2, 0.25) is 0 Å². The standard InChI is InChI=1S/C27H25ClN4OS/c1-16-11-12-19(28)15-23(16)31-17(2)14-20(18(31)3)26-25(21-8-6-7-13-29-21)30-27(34)32(26)22-9-4-5-10-24(22)33/h4-15,25-26,33H,1-3H3,(H,30,34)/t25-,26-/m0/s1. The zero-order valence-electron chi connectivity index (χ0n) is 19.2. The third kappa shape index (κ3) is 3.73. The van der Waals surface area contributed by atoms with E-state index in [1.165, 1.54) is 0 Å². The number of nitrogens with zero attached hydrogens (tertiary/aromatic N) is 3. The van der Waals surface area contributed by atoms with Gasteiger partial charge >= 0.3 is 0 Å². The number of benzene rings is 2. The normalized spacial score (nSPS) is 17.8. The van der Waals surface area contributed by atoms with Crippen molar-refractivity contribution in [3.63, 3.8) is 0 Å². The zero-order valence-corrected chi connectivity index (χ0v) is 20.7. The highest BCUT2D eigenvalue weighted by atomic mass is 35.5. The van der Waals surface area contributed by atoms with Crippen molar-refractivity contribution in [2.24, 2.45) is 0 Å². The number of nitrogens with one attached hydrogen (secondary N) is 1. The van der Waals surface area contributed by atoms with Gasteiger partial charge in [0, 0.05) is 28.3 Å². The molecule has 2 aromatic carbocycles. The van der Waals surface area contributed by atoms with E-state index >= 15 is 0 Å². The van der Waals surface area contributed by atoms with Crippen molar-refractivity contribution in [2.75, 3.05) is 4.90 Å². The molecule has 7 heteroatoms. The molecule has 5 rings (SSSR count). The van der Waals surface area contributed by atoms with Gasteiger partial charge in [0.1, 0.15) is 5.75 Å². The summed E-state index contributed by atoms with van der Waals surface area (Å²) in [5, 5.41) is 15.4. The molecule has 1 saturated heterocycles. The number of phenols is 1. The van der Waals surface area contributed by atoms with Crippen LogP contribution in [0.4, 0.5) is 5.69 Å². The molecule has 34 heavy (non-hydrogen) atoms. The Kier molecular flexibility index (Phi) is 5.80. The first-order chi connectivity index (χ1) is 16.4. The first kappa shape index (κ1) is 22.4. The number of aromatic nitrogens is 2. The number of phenolic OH excluding ortho intramolecular Hbond substituents is 1. The van der Waals surface area contributed by atoms with E-state index in [2.05, 4.69) is 41.7 Å². The number of anilines is 1. The molecular formula is C27H25ClN4OS. The minimum absolute atomic E-state index is 0.179. The van der Waals surface area contributed by atoms with Gasteiger partial charge in [-0.15, -0.1) is 0 Å². The molecule has 0 aliphatic carbocycles. The lowest BCUT2D eigenvalue weighted by Crippen LogP contribution is -2.29. The predicted octanol–water partition coefficient (Wildman–Crippen LogP) is 6.33. The van der Waals surface area contributed by atoms with Crippen LogP contribution in [0, 0.1) is 20.8 Å². The van der Waals surface area contributed by atoms with E-state index in [-0.39, 0.29) is 17.8 Å². The van der Waals surface area contributed by atoms with Gasteiger partial charge in [-0.3, -0.25) is 4.98 Å². The maximum atomic E-state index is 10.7. The Bertz CT molecular complexity index is 1380. The highest BCUT2D eigenvalue weighted by molar-refractivity contribution is 7.80. The van der Waals surface area contributed by atoms with Crippen LogP contribution in [0.25, 0.3) is 5.69 Å². The number of thiocarbonyl (C=S) groups is 1. The molecule has 0 radical (unpaired) electrons. The van der Waals surface area contributed by atoms with E-state index in [1.54, 1.807) is 12.3 Å². The summed E-state index contributed by atoms with van der Waals surface area (Å²) < 4.78 is 2.23. The monoisotopic (exact) mass is 488 g/mol. The minimum atomic E-state index is -0.213. The minimum Gasteiger partial charge on any atom is -0.506 e. The highest BCUT2D eigenvalue weighted by Gasteiger charge is 2.43. The quantitative estimate of drug-likeness (QED) is 0.328. The number of hydrogen-bond acceptors (Lipinski definition) is 3. The Hall–Kier alpha value is -3.35. The van der Waals surface area contributed by atoms with E-state index in [1.807, 2.05) is 59.5 Å². The first-order valence-corrected chi connectivity index (χ1v) is 11.9. The van der Waals surface area contributed by atoms with Crippen LogP contribution >= 0.6 is 23.8 Å². The lowest BCUT2D eigenvalue weighted by atomic mass is 9.96. The molecule has 2 N–H and O–H groups in total. The van der Waals surface area contributed by atoms with Crippen LogP contribution in [0.2, 0.25) is 5.02 Å². The zero-order chi connectivity index (χ0) is 24.0. The summed E-state index contributed by atoms with van der Waals surface area (Å²) in [6, 6.07) is 20.9. The van der Waals surface area contributed by atoms with Crippen molar-refractivity contribution in [2.45, 2.75) is 32.9 Å². The van der Waals surface area contributed by atoms with Crippen molar-refractivity contribution in [3.05, 3.63) is 106 Å². The maximum absolute atomic E-state index is 10.7. The number of aryl methyl sites for hydroxylation is 2. The predicted molar refractivity (Wildman–Crippen MR) is 141 cm³/mol. The third-order valence-corrected chi connectivity index (χ3v) is 6.99. The summed E-state index contributed by atoms with van der Waals surface area (Å²) in [7, 11) is 0. The van der Waals surface area contributed by atoms with Gasteiger partial charge in [-0.1, -0.05) is 35.9 Å². The molecule has 1 fully saturated rings. The van der Waals surface area contributed by atoms with E-state index < -0.39 is 0 Å². The van der Waals surface area contributed by atoms with E-state index in [9.17, 15) is 5.11 Å². The van der Waals surface area contributed by atoms with Crippen molar-refractivity contribution < 1.29 is 5.11 Å². The Labute approximate surface area is 209 Å². The lowest BCUT2D eigenvalue weighted by Gasteiger charge is -2.28. The van der Waals surface area contributed by atoms with Crippen molar-refractivity contribution in [1.29, 1.82) is 0 Å². The number of rotatable bonds is 4. The fraction of sp³-hybridized carbons (Fsp3) is 0.185. The van der Waals surface area contributed by atoms with Crippen LogP contribution in [-0.2, 0) is 0 Å². The molecule has 0 spiro atoms. The Morgan fingerprint density at radius 1 is 0.971 bits per heavy atom. The van der Waals surface area contributed by atoms with Crippen molar-refractivity contribution in [3.8, 4) is 11.4 Å². The second-order valence-electron chi connectivity index (χ2n) is 8.58. The summed E-state index contributed by atoms with van der Waals surface area (Å²) >= 11 is 12.2. The number of pyridine rings is 1. The van der Waals surface area contributed by atoms with Crippen LogP contribution in [0.15, 0.2) is 72.9 Å². The molecule has 0 amide bonds. The van der Waals surface area contributed by atoms with E-state index in [0.29, 0.717) is 15.8 Å². The van der Waals surface area contributed by atoms with Gasteiger partial charge in [0.25, 0.3) is 0 Å². The third-order valence-electron chi connectivity index (χ3n) is 6.44. The topological polar surface area (TPSA) is 53.3 Å². The van der Waals surface area contributed by atoms with Gasteiger partial charge in [-0.05, 0) is 86.6 Å². The van der Waals surface area contributed by atoms with Crippen LogP contribution in [0.5, 0.6) is 5.75 Å². The summed E-state index contributed by atoms with van der Waals surface area (Å²) in [6.45, 7) is 6.29. The lowest BCUT2D eigenvalue weighted by molar-refractivity contribution is 0.472. The largest absolute Gasteiger partial charge is 0.506 e. The van der Waals surface area contributed by atoms with Gasteiger partial charge < -0.3 is 19.9 Å². The molecule has 0 unspecified atom stereocenters. The highest BCUT2D eigenvalue weighted by Crippen LogP contribution is 2.46. The molecule has 172 valence electrons. The average molecular weight is 489 g/mol. The van der Waals surface area contributed by atoms with Crippen molar-refractivity contribution >= 4 is 34.6 Å². The molecule has 1 aliphatic rings. The summed E-state index contributed by atoms with van der Waals surface area (Å²) in [5.74, 6) is 0.179. The summed E-state index contributed by atoms with van der Waals surface area (Å²) in [6.07, 6.45) is 1.79. The molecule has 2 aromatic heterocycles. The Balaban J connectivity index is 1.72. The smallest absolute Gasteiger partial charge is 0.174 e. The van der Waals surface area contributed by atoms with Crippen molar-refractivity contribution in [1.82, 2.24) is 14.9 Å². The average Bonchev–Trinajstić information content (AvgIpc) is 3.31. The first-order valence-electron chi connectivity index (χ1n) is 11.1. The Morgan fingerprint density at radius 2 is 1.74 bits per heavy atom. The van der Waals surface area contributed by atoms with Crippen LogP contribution in [-0.4, -0.2) is 19.8 Å². The maximum Gasteiger partial charge on any atom is 0.174 e. The molecule has 0 bridgehead atoms. The van der Waals surface area contributed by atoms with Gasteiger partial charge in [0.15, 0.2) is 5.11 Å². The van der Waals surface area contributed by atoms with Gasteiger partial charge in [-0.25, -0.2) is 0 Å².